The first-order valence-corrected chi connectivity index (χ1v) is 30.4. The SMILES string of the molecule is [C-]#[N+]c1c(-c2ccc(C)c(S(=O)(=O)O)c2)nsc1N=Nc1cc(OC)c(N(CC)CC)cc1Nc1nc(Nc2cc(N(CC)CC)c(OC)cc2N=Nc2snc(-c3ccc(C)c(S(=O)(=O)O)c3)c2[N+]#[C-])nc(SCc2ccccc2)n1. The maximum atomic E-state index is 12.2. The number of hydrogen-bond donors (Lipinski definition) is 4. The van der Waals surface area contributed by atoms with Gasteiger partial charge in [-0.3, -0.25) is 9.11 Å². The van der Waals surface area contributed by atoms with Gasteiger partial charge in [0.15, 0.2) is 15.2 Å². The average Bonchev–Trinajstić information content (AvgIpc) is 4.20. The molecule has 0 bridgehead atoms. The standard InChI is InChI=1S/C54H53N15O8S5/c1-11-68(12-2)40-26-36(38(28-42(40)76-9)62-64-50-48(55-7)46(66-79-50)34-22-20-31(5)44(24-34)81(70,71)72)57-52-59-53(61-54(60-52)78-30-33-18-16-15-17-19-33)58-37-27-41(69(13-3)14-4)43(77-10)29-39(37)63-65-51-49(56-8)47(67-80-51)35-23-21-32(6)45(25-35)82(73,74)75/h15-29H,11-14,30H2,1-6,9-10H3,(H,70,71,72)(H,73,74,75)(H2,57,58,59,60,61). The van der Waals surface area contributed by atoms with Crippen LogP contribution in [0.25, 0.3) is 32.2 Å². The van der Waals surface area contributed by atoms with Crippen LogP contribution in [-0.2, 0) is 26.0 Å². The molecule has 422 valence electrons. The fraction of sp³-hybridized carbons (Fsp3) is 0.241. The van der Waals surface area contributed by atoms with E-state index in [-0.39, 0.29) is 77.0 Å². The van der Waals surface area contributed by atoms with E-state index in [9.17, 15) is 25.9 Å². The van der Waals surface area contributed by atoms with Gasteiger partial charge in [-0.15, -0.1) is 20.5 Å². The van der Waals surface area contributed by atoms with Crippen LogP contribution in [0.4, 0.5) is 67.4 Å². The van der Waals surface area contributed by atoms with E-state index in [2.05, 4.69) is 59.3 Å². The molecule has 0 aliphatic heterocycles. The van der Waals surface area contributed by atoms with Gasteiger partial charge in [-0.25, -0.2) is 18.4 Å². The van der Waals surface area contributed by atoms with Gasteiger partial charge >= 0.3 is 0 Å². The second-order valence-corrected chi connectivity index (χ2v) is 22.8. The molecule has 82 heavy (non-hydrogen) atoms. The van der Waals surface area contributed by atoms with Crippen molar-refractivity contribution in [2.24, 2.45) is 20.5 Å². The van der Waals surface area contributed by atoms with Crippen molar-refractivity contribution in [2.45, 2.75) is 62.2 Å². The van der Waals surface area contributed by atoms with E-state index < -0.39 is 20.2 Å². The molecule has 0 amide bonds. The zero-order valence-electron chi connectivity index (χ0n) is 45.4. The Kier molecular flexibility index (Phi) is 18.9. The lowest BCUT2D eigenvalue weighted by Gasteiger charge is -2.25. The Morgan fingerprint density at radius 3 is 1.41 bits per heavy atom. The van der Waals surface area contributed by atoms with Crippen LogP contribution < -0.4 is 29.9 Å². The number of hydrogen-bond acceptors (Lipinski definition) is 22. The molecule has 28 heteroatoms. The lowest BCUT2D eigenvalue weighted by molar-refractivity contribution is 0.414. The molecular formula is C54H53N15O8S5. The lowest BCUT2D eigenvalue weighted by atomic mass is 10.1. The largest absolute Gasteiger partial charge is 0.494 e. The summed E-state index contributed by atoms with van der Waals surface area (Å²) in [5.74, 6) is 1.61. The third-order valence-corrected chi connectivity index (χ3v) is 17.0. The number of nitrogens with zero attached hydrogens (tertiary/aromatic N) is 13. The molecular weight excluding hydrogens is 1150 g/mol. The third-order valence-electron chi connectivity index (χ3n) is 12.6. The molecule has 5 aromatic carbocycles. The molecule has 3 aromatic heterocycles. The van der Waals surface area contributed by atoms with Crippen molar-refractivity contribution in [3.63, 3.8) is 0 Å². The fourth-order valence-electron chi connectivity index (χ4n) is 8.44. The zero-order chi connectivity index (χ0) is 58.9. The Labute approximate surface area is 486 Å². The summed E-state index contributed by atoms with van der Waals surface area (Å²) < 4.78 is 89.3. The van der Waals surface area contributed by atoms with Gasteiger partial charge in [-0.05, 0) is 117 Å². The first-order valence-electron chi connectivity index (χ1n) is 25.0. The molecule has 8 aromatic rings. The van der Waals surface area contributed by atoms with Crippen molar-refractivity contribution in [1.82, 2.24) is 23.7 Å². The molecule has 23 nitrogen and oxygen atoms in total. The normalized spacial score (nSPS) is 11.7. The van der Waals surface area contributed by atoms with Gasteiger partial charge in [0, 0.05) is 44.1 Å². The van der Waals surface area contributed by atoms with Crippen molar-refractivity contribution >= 4 is 122 Å². The summed E-state index contributed by atoms with van der Waals surface area (Å²) in [6, 6.07) is 25.6. The monoisotopic (exact) mass is 1200 g/mol. The maximum absolute atomic E-state index is 12.2. The Morgan fingerprint density at radius 2 is 1.04 bits per heavy atom. The highest BCUT2D eigenvalue weighted by atomic mass is 32.2. The Morgan fingerprint density at radius 1 is 0.610 bits per heavy atom. The van der Waals surface area contributed by atoms with Crippen LogP contribution in [0.1, 0.15) is 44.4 Å². The minimum absolute atomic E-state index is 0.0118. The number of aromatic nitrogens is 5. The van der Waals surface area contributed by atoms with Crippen LogP contribution in [0.5, 0.6) is 11.5 Å². The van der Waals surface area contributed by atoms with E-state index in [1.54, 1.807) is 38.1 Å². The molecule has 8 rings (SSSR count). The number of thioether (sulfide) groups is 1. The minimum Gasteiger partial charge on any atom is -0.494 e. The second kappa shape index (κ2) is 26.0. The second-order valence-electron chi connectivity index (χ2n) is 17.6. The highest BCUT2D eigenvalue weighted by Gasteiger charge is 2.24. The van der Waals surface area contributed by atoms with Crippen molar-refractivity contribution in [2.75, 3.05) is 60.8 Å². The summed E-state index contributed by atoms with van der Waals surface area (Å²) in [7, 11) is -6.07. The summed E-state index contributed by atoms with van der Waals surface area (Å²) in [5, 5.41) is 25.6. The van der Waals surface area contributed by atoms with Gasteiger partial charge in [0.05, 0.1) is 71.3 Å². The van der Waals surface area contributed by atoms with E-state index in [4.69, 9.17) is 37.6 Å². The number of rotatable bonds is 23. The van der Waals surface area contributed by atoms with Crippen molar-refractivity contribution < 1.29 is 35.4 Å². The molecule has 0 fully saturated rings. The number of azo groups is 2. The van der Waals surface area contributed by atoms with Crippen molar-refractivity contribution in [3.8, 4) is 34.0 Å². The smallest absolute Gasteiger partial charge is 0.294 e. The molecule has 0 aliphatic rings. The Hall–Kier alpha value is -8.48. The molecule has 0 aliphatic carbocycles. The maximum Gasteiger partial charge on any atom is 0.294 e. The van der Waals surface area contributed by atoms with Crippen LogP contribution in [-0.4, -0.2) is 90.0 Å². The Balaban J connectivity index is 1.24. The number of nitrogens with one attached hydrogen (secondary N) is 2. The molecule has 4 N–H and O–H groups in total. The summed E-state index contributed by atoms with van der Waals surface area (Å²) in [4.78, 5) is 25.6. The van der Waals surface area contributed by atoms with Gasteiger partial charge in [0.1, 0.15) is 22.9 Å². The van der Waals surface area contributed by atoms with Gasteiger partial charge < -0.3 is 29.9 Å². The van der Waals surface area contributed by atoms with Crippen molar-refractivity contribution in [3.05, 3.63) is 131 Å². The van der Waals surface area contributed by atoms with Gasteiger partial charge in [-0.2, -0.15) is 31.8 Å². The Bertz CT molecular complexity index is 3830. The van der Waals surface area contributed by atoms with Crippen LogP contribution in [0, 0.1) is 27.0 Å². The van der Waals surface area contributed by atoms with Gasteiger partial charge in [0.2, 0.25) is 11.9 Å². The van der Waals surface area contributed by atoms with E-state index in [1.165, 1.54) is 50.2 Å². The zero-order valence-corrected chi connectivity index (χ0v) is 49.5. The summed E-state index contributed by atoms with van der Waals surface area (Å²) in [6.45, 7) is 29.8. The minimum atomic E-state index is -4.58. The molecule has 3 heterocycles. The summed E-state index contributed by atoms with van der Waals surface area (Å²) in [6.07, 6.45) is 0. The topological polar surface area (TPSA) is 280 Å². The average molecular weight is 1200 g/mol. The van der Waals surface area contributed by atoms with E-state index in [0.29, 0.717) is 82.5 Å². The van der Waals surface area contributed by atoms with Gasteiger partial charge in [0.25, 0.3) is 31.6 Å². The van der Waals surface area contributed by atoms with Crippen LogP contribution in [0.2, 0.25) is 0 Å². The number of ether oxygens (including phenoxy) is 2. The van der Waals surface area contributed by atoms with Crippen LogP contribution in [0.3, 0.4) is 0 Å². The van der Waals surface area contributed by atoms with E-state index in [1.807, 2.05) is 70.2 Å². The molecule has 0 radical (unpaired) electrons. The predicted octanol–water partition coefficient (Wildman–Crippen LogP) is 14.7. The quantitative estimate of drug-likeness (QED) is 0.0200. The van der Waals surface area contributed by atoms with E-state index in [0.717, 1.165) is 28.6 Å². The third kappa shape index (κ3) is 13.5. The fourth-order valence-corrected chi connectivity index (χ4v) is 12.1. The first-order chi connectivity index (χ1) is 39.3. The molecule has 0 saturated heterocycles. The number of methoxy groups -OCH3 is 2. The summed E-state index contributed by atoms with van der Waals surface area (Å²) in [5.41, 5.74) is 5.25. The highest BCUT2D eigenvalue weighted by Crippen LogP contribution is 2.48. The van der Waals surface area contributed by atoms with Gasteiger partial charge in [-0.1, -0.05) is 66.4 Å². The van der Waals surface area contributed by atoms with Crippen LogP contribution in [0.15, 0.2) is 126 Å². The summed E-state index contributed by atoms with van der Waals surface area (Å²) >= 11 is 3.13. The lowest BCUT2D eigenvalue weighted by Crippen LogP contribution is -2.22. The highest BCUT2D eigenvalue weighted by molar-refractivity contribution is 7.98. The van der Waals surface area contributed by atoms with Crippen molar-refractivity contribution in [1.29, 1.82) is 0 Å². The molecule has 0 saturated carbocycles. The molecule has 0 atom stereocenters. The molecule has 0 unspecified atom stereocenters. The number of benzene rings is 5. The number of anilines is 6. The number of aryl methyl sites for hydroxylation is 2. The first kappa shape index (κ1) is 59.6. The van der Waals surface area contributed by atoms with Crippen LogP contribution >= 0.6 is 34.8 Å². The predicted molar refractivity (Wildman–Crippen MR) is 321 cm³/mol. The molecule has 0 spiro atoms. The van der Waals surface area contributed by atoms with E-state index >= 15 is 0 Å².